The number of carboxylic acids is 1. The number of aryl methyl sites for hydroxylation is 1. The van der Waals surface area contributed by atoms with Gasteiger partial charge in [-0.05, 0) is 35.6 Å². The van der Waals surface area contributed by atoms with E-state index in [1.165, 1.54) is 11.1 Å². The summed E-state index contributed by atoms with van der Waals surface area (Å²) < 4.78 is 13.7. The van der Waals surface area contributed by atoms with Crippen LogP contribution in [0.15, 0.2) is 48.5 Å². The van der Waals surface area contributed by atoms with Gasteiger partial charge in [0.2, 0.25) is 0 Å². The summed E-state index contributed by atoms with van der Waals surface area (Å²) in [6.45, 7) is 2.30. The number of nitrogens with one attached hydrogen (secondary N) is 1. The van der Waals surface area contributed by atoms with Gasteiger partial charge in [0.1, 0.15) is 6.17 Å². The summed E-state index contributed by atoms with van der Waals surface area (Å²) in [5, 5.41) is 12.3. The van der Waals surface area contributed by atoms with Gasteiger partial charge >= 0.3 is 5.97 Å². The molecule has 3 rings (SSSR count). The SMILES string of the molecule is Cc1ccccc1Cc1ccc([C@@]2(CC(=O)O)C[C@@H](F)CN2)cc1. The zero-order chi connectivity index (χ0) is 17.2. The molecule has 126 valence electrons. The van der Waals surface area contributed by atoms with Crippen LogP contribution in [0.4, 0.5) is 4.39 Å². The fourth-order valence-electron chi connectivity index (χ4n) is 3.51. The molecule has 1 aliphatic rings. The van der Waals surface area contributed by atoms with E-state index in [0.717, 1.165) is 17.5 Å². The summed E-state index contributed by atoms with van der Waals surface area (Å²) in [5.41, 5.74) is 3.73. The molecular formula is C20H22FNO2. The monoisotopic (exact) mass is 327 g/mol. The minimum absolute atomic E-state index is 0.107. The number of benzene rings is 2. The van der Waals surface area contributed by atoms with Crippen LogP contribution in [0.1, 0.15) is 35.1 Å². The first kappa shape index (κ1) is 16.7. The first-order valence-corrected chi connectivity index (χ1v) is 8.23. The number of aliphatic carboxylic acids is 1. The molecule has 2 aromatic carbocycles. The van der Waals surface area contributed by atoms with Crippen LogP contribution in [0.25, 0.3) is 0 Å². The smallest absolute Gasteiger partial charge is 0.305 e. The lowest BCUT2D eigenvalue weighted by Crippen LogP contribution is -2.38. The van der Waals surface area contributed by atoms with Crippen LogP contribution >= 0.6 is 0 Å². The lowest BCUT2D eigenvalue weighted by Gasteiger charge is -2.28. The number of hydrogen-bond donors (Lipinski definition) is 2. The number of hydrogen-bond acceptors (Lipinski definition) is 2. The summed E-state index contributed by atoms with van der Waals surface area (Å²) in [6, 6.07) is 16.1. The average Bonchev–Trinajstić information content (AvgIpc) is 2.91. The van der Waals surface area contributed by atoms with Crippen LogP contribution in [0, 0.1) is 6.92 Å². The van der Waals surface area contributed by atoms with Gasteiger partial charge in [0.05, 0.1) is 12.0 Å². The zero-order valence-electron chi connectivity index (χ0n) is 13.8. The van der Waals surface area contributed by atoms with Crippen LogP contribution in [-0.4, -0.2) is 23.8 Å². The molecule has 0 aromatic heterocycles. The van der Waals surface area contributed by atoms with Crippen LogP contribution < -0.4 is 5.32 Å². The van der Waals surface area contributed by atoms with E-state index < -0.39 is 17.7 Å². The highest BCUT2D eigenvalue weighted by molar-refractivity contribution is 5.69. The molecule has 0 saturated carbocycles. The maximum absolute atomic E-state index is 13.7. The zero-order valence-corrected chi connectivity index (χ0v) is 13.8. The molecule has 24 heavy (non-hydrogen) atoms. The summed E-state index contributed by atoms with van der Waals surface area (Å²) in [6.07, 6.45) is -0.0741. The summed E-state index contributed by atoms with van der Waals surface area (Å²) >= 11 is 0. The number of carboxylic acid groups (broad SMARTS) is 1. The number of rotatable bonds is 5. The molecule has 1 aliphatic heterocycles. The van der Waals surface area contributed by atoms with Crippen LogP contribution in [0.3, 0.4) is 0 Å². The van der Waals surface area contributed by atoms with Gasteiger partial charge in [0, 0.05) is 13.0 Å². The third-order valence-electron chi connectivity index (χ3n) is 4.85. The van der Waals surface area contributed by atoms with Crippen LogP contribution in [-0.2, 0) is 16.8 Å². The van der Waals surface area contributed by atoms with Gasteiger partial charge in [-0.1, -0.05) is 48.5 Å². The molecule has 1 saturated heterocycles. The van der Waals surface area contributed by atoms with Gasteiger partial charge in [0.25, 0.3) is 0 Å². The first-order valence-electron chi connectivity index (χ1n) is 8.23. The second-order valence-electron chi connectivity index (χ2n) is 6.64. The van der Waals surface area contributed by atoms with Crippen LogP contribution in [0.5, 0.6) is 0 Å². The van der Waals surface area contributed by atoms with Crippen molar-refractivity contribution >= 4 is 5.97 Å². The molecule has 1 fully saturated rings. The molecule has 0 amide bonds. The van der Waals surface area contributed by atoms with E-state index in [0.29, 0.717) is 0 Å². The summed E-state index contributed by atoms with van der Waals surface area (Å²) in [5.74, 6) is -0.916. The topological polar surface area (TPSA) is 49.3 Å². The van der Waals surface area contributed by atoms with E-state index >= 15 is 0 Å². The molecule has 2 N–H and O–H groups in total. The minimum atomic E-state index is -1.00. The van der Waals surface area contributed by atoms with E-state index in [9.17, 15) is 14.3 Å². The Labute approximate surface area is 141 Å². The molecule has 1 heterocycles. The molecular weight excluding hydrogens is 305 g/mol. The van der Waals surface area contributed by atoms with E-state index in [2.05, 4.69) is 24.4 Å². The Balaban J connectivity index is 1.82. The second-order valence-corrected chi connectivity index (χ2v) is 6.64. The Bertz CT molecular complexity index is 729. The summed E-state index contributed by atoms with van der Waals surface area (Å²) in [7, 11) is 0. The molecule has 0 unspecified atom stereocenters. The molecule has 0 aliphatic carbocycles. The fourth-order valence-corrected chi connectivity index (χ4v) is 3.51. The van der Waals surface area contributed by atoms with Crippen molar-refractivity contribution in [3.05, 3.63) is 70.8 Å². The van der Waals surface area contributed by atoms with E-state index in [4.69, 9.17) is 0 Å². The van der Waals surface area contributed by atoms with Crippen molar-refractivity contribution in [3.63, 3.8) is 0 Å². The molecule has 0 bridgehead atoms. The maximum Gasteiger partial charge on any atom is 0.305 e. The van der Waals surface area contributed by atoms with Gasteiger partial charge in [-0.2, -0.15) is 0 Å². The van der Waals surface area contributed by atoms with Gasteiger partial charge in [-0.3, -0.25) is 4.79 Å². The molecule has 4 heteroatoms. The van der Waals surface area contributed by atoms with Crippen molar-refractivity contribution in [1.29, 1.82) is 0 Å². The Hall–Kier alpha value is -2.20. The highest BCUT2D eigenvalue weighted by Gasteiger charge is 2.42. The Kier molecular flexibility index (Phi) is 4.67. The average molecular weight is 327 g/mol. The van der Waals surface area contributed by atoms with Crippen molar-refractivity contribution in [3.8, 4) is 0 Å². The Morgan fingerprint density at radius 1 is 1.25 bits per heavy atom. The highest BCUT2D eigenvalue weighted by Crippen LogP contribution is 2.35. The Morgan fingerprint density at radius 2 is 1.96 bits per heavy atom. The van der Waals surface area contributed by atoms with Crippen LogP contribution in [0.2, 0.25) is 0 Å². The van der Waals surface area contributed by atoms with Gasteiger partial charge in [-0.25, -0.2) is 4.39 Å². The largest absolute Gasteiger partial charge is 0.481 e. The fraction of sp³-hybridized carbons (Fsp3) is 0.350. The minimum Gasteiger partial charge on any atom is -0.481 e. The van der Waals surface area contributed by atoms with Crippen molar-refractivity contribution in [1.82, 2.24) is 5.32 Å². The van der Waals surface area contributed by atoms with Gasteiger partial charge in [-0.15, -0.1) is 0 Å². The highest BCUT2D eigenvalue weighted by atomic mass is 19.1. The van der Waals surface area contributed by atoms with Gasteiger partial charge in [0.15, 0.2) is 0 Å². The lowest BCUT2D eigenvalue weighted by molar-refractivity contribution is -0.138. The number of carbonyl (C=O) groups is 1. The van der Waals surface area contributed by atoms with E-state index in [-0.39, 0.29) is 19.4 Å². The third kappa shape index (κ3) is 3.49. The molecule has 0 spiro atoms. The maximum atomic E-state index is 13.7. The van der Waals surface area contributed by atoms with Crippen molar-refractivity contribution in [2.75, 3.05) is 6.54 Å². The molecule has 2 aromatic rings. The van der Waals surface area contributed by atoms with Gasteiger partial charge < -0.3 is 10.4 Å². The van der Waals surface area contributed by atoms with E-state index in [1.807, 2.05) is 36.4 Å². The first-order chi connectivity index (χ1) is 11.5. The Morgan fingerprint density at radius 3 is 2.54 bits per heavy atom. The third-order valence-corrected chi connectivity index (χ3v) is 4.85. The molecule has 2 atom stereocenters. The number of alkyl halides is 1. The predicted octanol–water partition coefficient (Wildman–Crippen LogP) is 3.59. The normalized spacial score (nSPS) is 23.3. The van der Waals surface area contributed by atoms with Crippen molar-refractivity contribution < 1.29 is 14.3 Å². The molecule has 0 radical (unpaired) electrons. The second kappa shape index (κ2) is 6.73. The summed E-state index contributed by atoms with van der Waals surface area (Å²) in [4.78, 5) is 11.2. The quantitative estimate of drug-likeness (QED) is 0.882. The lowest BCUT2D eigenvalue weighted by atomic mass is 9.84. The molecule has 3 nitrogen and oxygen atoms in total. The predicted molar refractivity (Wildman–Crippen MR) is 91.9 cm³/mol. The van der Waals surface area contributed by atoms with E-state index in [1.54, 1.807) is 0 Å². The number of halogens is 1. The van der Waals surface area contributed by atoms with Crippen molar-refractivity contribution in [2.24, 2.45) is 0 Å². The standard InChI is InChI=1S/C20H22FNO2/c1-14-4-2-3-5-16(14)10-15-6-8-17(9-7-15)20(12-19(23)24)11-18(21)13-22-20/h2-9,18,22H,10-13H2,1H3,(H,23,24)/t18-,20+/m1/s1. The van der Waals surface area contributed by atoms with Crippen molar-refractivity contribution in [2.45, 2.75) is 37.9 Å².